The van der Waals surface area contributed by atoms with Crippen molar-refractivity contribution in [3.05, 3.63) is 96.7 Å². The van der Waals surface area contributed by atoms with Crippen LogP contribution >= 0.6 is 10.0 Å². The molecule has 1 radical (unpaired) electrons. The average Bonchev–Trinajstić information content (AvgIpc) is 3.12. The van der Waals surface area contributed by atoms with Gasteiger partial charge in [-0.3, -0.25) is 4.79 Å². The second-order valence-corrected chi connectivity index (χ2v) is 11.7. The van der Waals surface area contributed by atoms with E-state index in [0.29, 0.717) is 0 Å². The number of fused-ring (bicyclic) bond motifs is 1. The average molecular weight is 437 g/mol. The van der Waals surface area contributed by atoms with Crippen LogP contribution in [0.5, 0.6) is 0 Å². The molecule has 5 heteroatoms. The van der Waals surface area contributed by atoms with Crippen molar-refractivity contribution in [1.29, 1.82) is 0 Å². The van der Waals surface area contributed by atoms with E-state index in [2.05, 4.69) is 29.2 Å². The Morgan fingerprint density at radius 1 is 0.852 bits per heavy atom. The molecule has 27 heavy (non-hydrogen) atoms. The Morgan fingerprint density at radius 3 is 1.93 bits per heavy atom. The zero-order valence-corrected chi connectivity index (χ0v) is 17.5. The number of halogens is 1. The monoisotopic (exact) mass is 438 g/mol. The first-order chi connectivity index (χ1) is 13.1. The zero-order valence-electron chi connectivity index (χ0n) is 14.6. The fourth-order valence-corrected chi connectivity index (χ4v) is 6.82. The first-order valence-corrected chi connectivity index (χ1v) is 13.4. The number of carboxylic acid groups (broad SMARTS) is 1. The molecule has 0 atom stereocenters. The SMILES string of the molecule is O=C(O)Cc1c[nH]c2ccccc12.[Cl][Ge]([c]1ccccc1)[c]1ccccc1. The first kappa shape index (κ1) is 19.3. The van der Waals surface area contributed by atoms with Crippen molar-refractivity contribution in [2.24, 2.45) is 0 Å². The van der Waals surface area contributed by atoms with E-state index in [1.165, 1.54) is 8.79 Å². The second-order valence-electron chi connectivity index (χ2n) is 5.98. The fourth-order valence-electron chi connectivity index (χ4n) is 2.78. The van der Waals surface area contributed by atoms with Crippen molar-refractivity contribution in [2.45, 2.75) is 6.42 Å². The Morgan fingerprint density at radius 2 is 1.37 bits per heavy atom. The number of para-hydroxylation sites is 1. The minimum atomic E-state index is -1.73. The molecule has 135 valence electrons. The Labute approximate surface area is 166 Å². The van der Waals surface area contributed by atoms with Crippen LogP contribution in [0.15, 0.2) is 91.1 Å². The van der Waals surface area contributed by atoms with Gasteiger partial charge in [-0.25, -0.2) is 0 Å². The fraction of sp³-hybridized carbons (Fsp3) is 0.0455. The maximum absolute atomic E-state index is 10.5. The summed E-state index contributed by atoms with van der Waals surface area (Å²) >= 11 is -1.73. The van der Waals surface area contributed by atoms with Crippen molar-refractivity contribution < 1.29 is 9.90 Å². The number of aliphatic carboxylic acids is 1. The van der Waals surface area contributed by atoms with Gasteiger partial charge >= 0.3 is 98.9 Å². The topological polar surface area (TPSA) is 53.1 Å². The van der Waals surface area contributed by atoms with Gasteiger partial charge in [-0.05, 0) is 11.6 Å². The normalized spacial score (nSPS) is 10.4. The standard InChI is InChI=1S/C12H10ClGe.C10H9NO2/c13-14(11-7-3-1-4-8-11)12-9-5-2-6-10-12;12-10(13)5-7-6-11-9-4-2-1-3-8(7)9/h1-10H;1-4,6,11H,5H2,(H,12,13). The number of benzene rings is 3. The van der Waals surface area contributed by atoms with E-state index >= 15 is 0 Å². The number of nitrogens with one attached hydrogen (secondary N) is 1. The van der Waals surface area contributed by atoms with Gasteiger partial charge in [-0.15, -0.1) is 0 Å². The van der Waals surface area contributed by atoms with Crippen molar-refractivity contribution in [3.8, 4) is 0 Å². The number of carbonyl (C=O) groups is 1. The number of hydrogen-bond donors (Lipinski definition) is 2. The second kappa shape index (κ2) is 9.44. The first-order valence-electron chi connectivity index (χ1n) is 8.55. The van der Waals surface area contributed by atoms with Gasteiger partial charge in [0.1, 0.15) is 0 Å². The molecule has 0 spiro atoms. The number of rotatable bonds is 4. The molecule has 0 aliphatic carbocycles. The van der Waals surface area contributed by atoms with E-state index in [1.54, 1.807) is 6.20 Å². The Bertz CT molecular complexity index is 963. The van der Waals surface area contributed by atoms with Crippen LogP contribution in [-0.2, 0) is 11.2 Å². The predicted octanol–water partition coefficient (Wildman–Crippen LogP) is 3.83. The van der Waals surface area contributed by atoms with Gasteiger partial charge in [0.05, 0.1) is 6.42 Å². The molecule has 3 nitrogen and oxygen atoms in total. The molecule has 1 heterocycles. The summed E-state index contributed by atoms with van der Waals surface area (Å²) in [5.41, 5.74) is 1.82. The molecule has 0 aliphatic heterocycles. The van der Waals surface area contributed by atoms with Crippen molar-refractivity contribution in [3.63, 3.8) is 0 Å². The van der Waals surface area contributed by atoms with Gasteiger partial charge in [0.15, 0.2) is 0 Å². The molecule has 3 aromatic carbocycles. The number of H-pyrrole nitrogens is 1. The van der Waals surface area contributed by atoms with E-state index in [9.17, 15) is 4.79 Å². The summed E-state index contributed by atoms with van der Waals surface area (Å²) in [5.74, 6) is -0.801. The number of aromatic nitrogens is 1. The molecule has 0 fully saturated rings. The summed E-state index contributed by atoms with van der Waals surface area (Å²) in [4.78, 5) is 13.5. The molecule has 0 saturated heterocycles. The summed E-state index contributed by atoms with van der Waals surface area (Å²) < 4.78 is 2.61. The third kappa shape index (κ3) is 5.25. The molecule has 2 N–H and O–H groups in total. The maximum atomic E-state index is 10.5. The van der Waals surface area contributed by atoms with Crippen LogP contribution in [0.4, 0.5) is 0 Å². The number of carboxylic acids is 1. The number of aromatic amines is 1. The Balaban J connectivity index is 0.000000156. The molecule has 0 aliphatic rings. The van der Waals surface area contributed by atoms with Crippen LogP contribution in [-0.4, -0.2) is 29.5 Å². The van der Waals surface area contributed by atoms with Crippen molar-refractivity contribution >= 4 is 49.1 Å². The zero-order chi connectivity index (χ0) is 19.1. The summed E-state index contributed by atoms with van der Waals surface area (Å²) in [6, 6.07) is 28.4. The molecule has 4 aromatic rings. The minimum absolute atomic E-state index is 0.0734. The van der Waals surface area contributed by atoms with Crippen LogP contribution in [0.1, 0.15) is 5.56 Å². The van der Waals surface area contributed by atoms with Gasteiger partial charge < -0.3 is 10.1 Å². The summed E-state index contributed by atoms with van der Waals surface area (Å²) in [6.07, 6.45) is 1.82. The van der Waals surface area contributed by atoms with Crippen LogP contribution in [0.3, 0.4) is 0 Å². The Hall–Kier alpha value is -2.50. The van der Waals surface area contributed by atoms with Crippen LogP contribution in [0, 0.1) is 0 Å². The van der Waals surface area contributed by atoms with Gasteiger partial charge in [0.2, 0.25) is 0 Å². The van der Waals surface area contributed by atoms with Crippen LogP contribution < -0.4 is 8.79 Å². The van der Waals surface area contributed by atoms with E-state index < -0.39 is 19.4 Å². The van der Waals surface area contributed by atoms with E-state index in [1.807, 2.05) is 60.7 Å². The van der Waals surface area contributed by atoms with Gasteiger partial charge in [0, 0.05) is 17.1 Å². The van der Waals surface area contributed by atoms with E-state index in [0.717, 1.165) is 16.5 Å². The molecule has 0 amide bonds. The van der Waals surface area contributed by atoms with Crippen LogP contribution in [0.2, 0.25) is 0 Å². The van der Waals surface area contributed by atoms with Gasteiger partial charge in [0.25, 0.3) is 0 Å². The summed E-state index contributed by atoms with van der Waals surface area (Å²) in [7, 11) is 6.50. The van der Waals surface area contributed by atoms with Crippen molar-refractivity contribution in [2.75, 3.05) is 0 Å². The summed E-state index contributed by atoms with van der Waals surface area (Å²) in [5, 5.41) is 9.62. The molecule has 4 rings (SSSR count). The van der Waals surface area contributed by atoms with Crippen LogP contribution in [0.25, 0.3) is 10.9 Å². The molecular weight excluding hydrogens is 418 g/mol. The third-order valence-corrected chi connectivity index (χ3v) is 9.86. The van der Waals surface area contributed by atoms with Gasteiger partial charge in [-0.1, -0.05) is 18.2 Å². The van der Waals surface area contributed by atoms with Gasteiger partial charge in [-0.2, -0.15) is 0 Å². The van der Waals surface area contributed by atoms with E-state index in [4.69, 9.17) is 15.1 Å². The quantitative estimate of drug-likeness (QED) is 0.477. The molecule has 0 bridgehead atoms. The predicted molar refractivity (Wildman–Crippen MR) is 113 cm³/mol. The third-order valence-electron chi connectivity index (χ3n) is 4.07. The summed E-state index contributed by atoms with van der Waals surface area (Å²) in [6.45, 7) is 0. The molecular formula is C22H19ClGeNO2. The van der Waals surface area contributed by atoms with E-state index in [-0.39, 0.29) is 6.42 Å². The van der Waals surface area contributed by atoms with Crippen molar-refractivity contribution in [1.82, 2.24) is 4.98 Å². The molecule has 0 saturated carbocycles. The molecule has 0 unspecified atom stereocenters. The molecule has 1 aromatic heterocycles. The number of hydrogen-bond acceptors (Lipinski definition) is 1. The Kier molecular flexibility index (Phi) is 6.74.